The molecule has 1 heterocycles. The highest BCUT2D eigenvalue weighted by molar-refractivity contribution is 5.94. The van der Waals surface area contributed by atoms with Crippen molar-refractivity contribution in [3.05, 3.63) is 29.8 Å². The van der Waals surface area contributed by atoms with E-state index in [9.17, 15) is 4.79 Å². The van der Waals surface area contributed by atoms with Gasteiger partial charge in [0.05, 0.1) is 6.10 Å². The van der Waals surface area contributed by atoms with Crippen LogP contribution in [-0.4, -0.2) is 41.7 Å². The van der Waals surface area contributed by atoms with Crippen LogP contribution in [0, 0.1) is 5.92 Å². The fourth-order valence-electron chi connectivity index (χ4n) is 2.57. The number of nitrogens with zero attached hydrogens (tertiary/aromatic N) is 1. The summed E-state index contributed by atoms with van der Waals surface area (Å²) in [5, 5.41) is 8.95. The zero-order valence-corrected chi connectivity index (χ0v) is 12.2. The van der Waals surface area contributed by atoms with Crippen LogP contribution in [0.4, 0.5) is 0 Å². The molecule has 2 rings (SSSR count). The van der Waals surface area contributed by atoms with Gasteiger partial charge < -0.3 is 14.7 Å². The lowest BCUT2D eigenvalue weighted by Crippen LogP contribution is -2.28. The zero-order chi connectivity index (χ0) is 14.5. The van der Waals surface area contributed by atoms with Crippen molar-refractivity contribution in [1.29, 1.82) is 0 Å². The molecule has 0 aliphatic carbocycles. The van der Waals surface area contributed by atoms with E-state index in [1.165, 1.54) is 0 Å². The second kappa shape index (κ2) is 6.75. The van der Waals surface area contributed by atoms with Crippen LogP contribution in [0.15, 0.2) is 24.3 Å². The van der Waals surface area contributed by atoms with Gasteiger partial charge >= 0.3 is 0 Å². The van der Waals surface area contributed by atoms with E-state index in [1.807, 2.05) is 43.0 Å². The van der Waals surface area contributed by atoms with E-state index in [4.69, 9.17) is 9.84 Å². The fraction of sp³-hybridized carbons (Fsp3) is 0.562. The minimum Gasteiger partial charge on any atom is -0.491 e. The summed E-state index contributed by atoms with van der Waals surface area (Å²) in [5.74, 6) is 1.30. The first-order valence-electron chi connectivity index (χ1n) is 7.27. The van der Waals surface area contributed by atoms with E-state index in [1.54, 1.807) is 0 Å². The summed E-state index contributed by atoms with van der Waals surface area (Å²) in [6.07, 6.45) is 1.90. The van der Waals surface area contributed by atoms with Crippen molar-refractivity contribution in [2.24, 2.45) is 5.92 Å². The number of rotatable bonds is 5. The molecular weight excluding hydrogens is 254 g/mol. The molecule has 0 bridgehead atoms. The van der Waals surface area contributed by atoms with Crippen LogP contribution in [0.25, 0.3) is 0 Å². The molecule has 1 N–H and O–H groups in total. The zero-order valence-electron chi connectivity index (χ0n) is 12.2. The topological polar surface area (TPSA) is 49.8 Å². The second-order valence-electron chi connectivity index (χ2n) is 5.61. The number of benzene rings is 1. The maximum absolute atomic E-state index is 12.4. The summed E-state index contributed by atoms with van der Waals surface area (Å²) in [6.45, 7) is 5.69. The first kappa shape index (κ1) is 14.9. The Kier molecular flexibility index (Phi) is 5.01. The van der Waals surface area contributed by atoms with E-state index in [0.717, 1.165) is 31.7 Å². The van der Waals surface area contributed by atoms with Crippen LogP contribution in [0.2, 0.25) is 0 Å². The number of likely N-dealkylation sites (tertiary alicyclic amines) is 1. The van der Waals surface area contributed by atoms with Crippen molar-refractivity contribution in [3.63, 3.8) is 0 Å². The maximum atomic E-state index is 12.4. The monoisotopic (exact) mass is 277 g/mol. The SMILES string of the molecule is CC(C)Oc1ccc(C(=O)N2CCC(CCO)C2)cc1. The number of ether oxygens (including phenoxy) is 1. The molecule has 1 fully saturated rings. The van der Waals surface area contributed by atoms with Crippen molar-refractivity contribution in [2.45, 2.75) is 32.8 Å². The Morgan fingerprint density at radius 1 is 1.40 bits per heavy atom. The van der Waals surface area contributed by atoms with Gasteiger partial charge in [-0.1, -0.05) is 0 Å². The highest BCUT2D eigenvalue weighted by Crippen LogP contribution is 2.22. The largest absolute Gasteiger partial charge is 0.491 e. The molecule has 1 atom stereocenters. The third-order valence-electron chi connectivity index (χ3n) is 3.58. The summed E-state index contributed by atoms with van der Waals surface area (Å²) >= 11 is 0. The molecule has 0 radical (unpaired) electrons. The highest BCUT2D eigenvalue weighted by Gasteiger charge is 2.26. The van der Waals surface area contributed by atoms with Gasteiger partial charge in [-0.15, -0.1) is 0 Å². The summed E-state index contributed by atoms with van der Waals surface area (Å²) in [6, 6.07) is 7.32. The maximum Gasteiger partial charge on any atom is 0.253 e. The van der Waals surface area contributed by atoms with Gasteiger partial charge in [0.25, 0.3) is 5.91 Å². The summed E-state index contributed by atoms with van der Waals surface area (Å²) < 4.78 is 5.57. The predicted octanol–water partition coefficient (Wildman–Crippen LogP) is 2.32. The normalized spacial score (nSPS) is 18.6. The van der Waals surface area contributed by atoms with Gasteiger partial charge in [0.2, 0.25) is 0 Å². The molecule has 1 aliphatic heterocycles. The molecule has 1 unspecified atom stereocenters. The van der Waals surface area contributed by atoms with E-state index in [-0.39, 0.29) is 18.6 Å². The highest BCUT2D eigenvalue weighted by atomic mass is 16.5. The van der Waals surface area contributed by atoms with Gasteiger partial charge in [-0.3, -0.25) is 4.79 Å². The number of aliphatic hydroxyl groups excluding tert-OH is 1. The van der Waals surface area contributed by atoms with Gasteiger partial charge in [0.1, 0.15) is 5.75 Å². The molecule has 0 spiro atoms. The van der Waals surface area contributed by atoms with Crippen LogP contribution in [0.1, 0.15) is 37.0 Å². The van der Waals surface area contributed by atoms with Gasteiger partial charge in [0.15, 0.2) is 0 Å². The fourth-order valence-corrected chi connectivity index (χ4v) is 2.57. The quantitative estimate of drug-likeness (QED) is 0.898. The Bertz CT molecular complexity index is 442. The van der Waals surface area contributed by atoms with E-state index < -0.39 is 0 Å². The van der Waals surface area contributed by atoms with Crippen LogP contribution in [-0.2, 0) is 0 Å². The van der Waals surface area contributed by atoms with Gasteiger partial charge in [0, 0.05) is 25.3 Å². The average molecular weight is 277 g/mol. The molecule has 1 aliphatic rings. The molecule has 0 aromatic heterocycles. The molecule has 1 saturated heterocycles. The molecule has 110 valence electrons. The molecule has 1 aromatic carbocycles. The summed E-state index contributed by atoms with van der Waals surface area (Å²) in [7, 11) is 0. The van der Waals surface area contributed by atoms with Crippen molar-refractivity contribution >= 4 is 5.91 Å². The first-order chi connectivity index (χ1) is 9.60. The third kappa shape index (κ3) is 3.73. The lowest BCUT2D eigenvalue weighted by Gasteiger charge is -2.17. The van der Waals surface area contributed by atoms with Crippen LogP contribution in [0.3, 0.4) is 0 Å². The Morgan fingerprint density at radius 2 is 2.10 bits per heavy atom. The van der Waals surface area contributed by atoms with Crippen LogP contribution < -0.4 is 4.74 Å². The predicted molar refractivity (Wildman–Crippen MR) is 77.9 cm³/mol. The van der Waals surface area contributed by atoms with Crippen molar-refractivity contribution in [2.75, 3.05) is 19.7 Å². The minimum atomic E-state index is 0.0709. The number of amides is 1. The lowest BCUT2D eigenvalue weighted by molar-refractivity contribution is 0.0784. The van der Waals surface area contributed by atoms with Gasteiger partial charge in [-0.05, 0) is 56.9 Å². The molecule has 4 nitrogen and oxygen atoms in total. The van der Waals surface area contributed by atoms with Crippen molar-refractivity contribution in [1.82, 2.24) is 4.90 Å². The number of carbonyl (C=O) groups excluding carboxylic acids is 1. The Hall–Kier alpha value is -1.55. The Labute approximate surface area is 120 Å². The molecule has 0 saturated carbocycles. The van der Waals surface area contributed by atoms with Crippen molar-refractivity contribution < 1.29 is 14.6 Å². The Morgan fingerprint density at radius 3 is 2.70 bits per heavy atom. The van der Waals surface area contributed by atoms with Gasteiger partial charge in [-0.25, -0.2) is 0 Å². The van der Waals surface area contributed by atoms with E-state index >= 15 is 0 Å². The standard InChI is InChI=1S/C16H23NO3/c1-12(2)20-15-5-3-14(4-6-15)16(19)17-9-7-13(11-17)8-10-18/h3-6,12-13,18H,7-11H2,1-2H3. The van der Waals surface area contributed by atoms with Crippen molar-refractivity contribution in [3.8, 4) is 5.75 Å². The number of hydrogen-bond acceptors (Lipinski definition) is 3. The molecule has 1 amide bonds. The smallest absolute Gasteiger partial charge is 0.253 e. The number of hydrogen-bond donors (Lipinski definition) is 1. The minimum absolute atomic E-state index is 0.0709. The first-order valence-corrected chi connectivity index (χ1v) is 7.27. The molecular formula is C16H23NO3. The van der Waals surface area contributed by atoms with E-state index in [2.05, 4.69) is 0 Å². The average Bonchev–Trinajstić information content (AvgIpc) is 2.87. The summed E-state index contributed by atoms with van der Waals surface area (Å²) in [4.78, 5) is 14.2. The number of carbonyl (C=O) groups is 1. The lowest BCUT2D eigenvalue weighted by atomic mass is 10.1. The Balaban J connectivity index is 1.96. The van der Waals surface area contributed by atoms with E-state index in [0.29, 0.717) is 11.5 Å². The molecule has 4 heteroatoms. The third-order valence-corrected chi connectivity index (χ3v) is 3.58. The molecule has 1 aromatic rings. The summed E-state index contributed by atoms with van der Waals surface area (Å²) in [5.41, 5.74) is 0.700. The van der Waals surface area contributed by atoms with Gasteiger partial charge in [-0.2, -0.15) is 0 Å². The molecule has 20 heavy (non-hydrogen) atoms. The van der Waals surface area contributed by atoms with Crippen LogP contribution in [0.5, 0.6) is 5.75 Å². The second-order valence-corrected chi connectivity index (χ2v) is 5.61. The number of aliphatic hydroxyl groups is 1. The van der Waals surface area contributed by atoms with Crippen LogP contribution >= 0.6 is 0 Å².